The number of aromatic nitrogens is 1. The van der Waals surface area contributed by atoms with Crippen LogP contribution in [0, 0.1) is 6.92 Å². The summed E-state index contributed by atoms with van der Waals surface area (Å²) in [6, 6.07) is 3.89. The largest absolute Gasteiger partial charge is 0.343 e. The lowest BCUT2D eigenvalue weighted by Crippen LogP contribution is -2.23. The fraction of sp³-hybridized carbons (Fsp3) is 0.500. The van der Waals surface area contributed by atoms with Crippen molar-refractivity contribution in [2.45, 2.75) is 25.7 Å². The molecular weight excluding hydrogens is 188 g/mol. The third-order valence-electron chi connectivity index (χ3n) is 2.77. The second-order valence-corrected chi connectivity index (χ2v) is 4.34. The number of carbonyl (C=O) groups excluding carboxylic acids is 1. The van der Waals surface area contributed by atoms with Crippen LogP contribution in [0.1, 0.15) is 40.5 Å². The molecular formula is C12H16N2O. The normalized spacial score (nSPS) is 15.1. The molecule has 2 rings (SSSR count). The van der Waals surface area contributed by atoms with Crippen molar-refractivity contribution in [3.05, 3.63) is 29.1 Å². The van der Waals surface area contributed by atoms with Gasteiger partial charge < -0.3 is 4.90 Å². The fourth-order valence-electron chi connectivity index (χ4n) is 1.75. The molecule has 0 atom stereocenters. The summed E-state index contributed by atoms with van der Waals surface area (Å²) in [6.07, 6.45) is 2.53. The van der Waals surface area contributed by atoms with Crippen molar-refractivity contribution in [3.8, 4) is 0 Å². The lowest BCUT2D eigenvalue weighted by Gasteiger charge is -2.11. The lowest BCUT2D eigenvalue weighted by atomic mass is 10.1. The highest BCUT2D eigenvalue weighted by Crippen LogP contribution is 2.41. The van der Waals surface area contributed by atoms with Crippen molar-refractivity contribution in [1.29, 1.82) is 0 Å². The van der Waals surface area contributed by atoms with Gasteiger partial charge in [-0.25, -0.2) is 4.98 Å². The molecule has 1 aromatic rings. The van der Waals surface area contributed by atoms with Crippen molar-refractivity contribution < 1.29 is 4.79 Å². The van der Waals surface area contributed by atoms with E-state index in [-0.39, 0.29) is 5.91 Å². The maximum Gasteiger partial charge on any atom is 0.271 e. The van der Waals surface area contributed by atoms with E-state index in [1.807, 2.05) is 13.0 Å². The zero-order chi connectivity index (χ0) is 11.0. The number of amides is 1. The van der Waals surface area contributed by atoms with E-state index < -0.39 is 0 Å². The maximum atomic E-state index is 11.7. The minimum absolute atomic E-state index is 0.0274. The summed E-state index contributed by atoms with van der Waals surface area (Å²) in [5.41, 5.74) is 2.86. The number of pyridine rings is 1. The van der Waals surface area contributed by atoms with Crippen LogP contribution in [0.25, 0.3) is 0 Å². The quantitative estimate of drug-likeness (QED) is 0.738. The SMILES string of the molecule is Cc1nc(C(=O)N(C)C)ccc1C1CC1. The second-order valence-electron chi connectivity index (χ2n) is 4.34. The van der Waals surface area contributed by atoms with Crippen LogP contribution in [0.3, 0.4) is 0 Å². The topological polar surface area (TPSA) is 33.2 Å². The molecule has 0 bridgehead atoms. The van der Waals surface area contributed by atoms with E-state index in [0.717, 1.165) is 5.69 Å². The van der Waals surface area contributed by atoms with Crippen LogP contribution < -0.4 is 0 Å². The molecule has 80 valence electrons. The third-order valence-corrected chi connectivity index (χ3v) is 2.77. The van der Waals surface area contributed by atoms with Crippen molar-refractivity contribution in [2.24, 2.45) is 0 Å². The third kappa shape index (κ3) is 2.01. The van der Waals surface area contributed by atoms with E-state index in [1.165, 1.54) is 18.4 Å². The number of hydrogen-bond donors (Lipinski definition) is 0. The summed E-state index contributed by atoms with van der Waals surface area (Å²) in [4.78, 5) is 17.6. The standard InChI is InChI=1S/C12H16N2O/c1-8-10(9-4-5-9)6-7-11(13-8)12(15)14(2)3/h6-7,9H,4-5H2,1-3H3. The smallest absolute Gasteiger partial charge is 0.271 e. The average Bonchev–Trinajstić information content (AvgIpc) is 3.00. The number of carbonyl (C=O) groups is 1. The molecule has 0 unspecified atom stereocenters. The van der Waals surface area contributed by atoms with E-state index in [4.69, 9.17) is 0 Å². The molecule has 3 nitrogen and oxygen atoms in total. The van der Waals surface area contributed by atoms with Crippen LogP contribution in [0.4, 0.5) is 0 Å². The summed E-state index contributed by atoms with van der Waals surface area (Å²) < 4.78 is 0. The van der Waals surface area contributed by atoms with Crippen molar-refractivity contribution in [2.75, 3.05) is 14.1 Å². The molecule has 1 amide bonds. The Bertz CT molecular complexity index is 395. The Morgan fingerprint density at radius 2 is 2.07 bits per heavy atom. The van der Waals surface area contributed by atoms with Gasteiger partial charge in [0.2, 0.25) is 0 Å². The van der Waals surface area contributed by atoms with Gasteiger partial charge >= 0.3 is 0 Å². The molecule has 1 aromatic heterocycles. The number of rotatable bonds is 2. The van der Waals surface area contributed by atoms with Gasteiger partial charge in [0.15, 0.2) is 0 Å². The first-order valence-corrected chi connectivity index (χ1v) is 5.29. The molecule has 0 saturated heterocycles. The zero-order valence-corrected chi connectivity index (χ0v) is 9.45. The van der Waals surface area contributed by atoms with Gasteiger partial charge in [0.25, 0.3) is 5.91 Å². The van der Waals surface area contributed by atoms with Crippen molar-refractivity contribution in [3.63, 3.8) is 0 Å². The van der Waals surface area contributed by atoms with E-state index in [0.29, 0.717) is 11.6 Å². The minimum atomic E-state index is -0.0274. The molecule has 1 aliphatic rings. The predicted octanol–water partition coefficient (Wildman–Crippen LogP) is 1.97. The number of aryl methyl sites for hydroxylation is 1. The van der Waals surface area contributed by atoms with Crippen LogP contribution in [0.15, 0.2) is 12.1 Å². The molecule has 15 heavy (non-hydrogen) atoms. The minimum Gasteiger partial charge on any atom is -0.343 e. The van der Waals surface area contributed by atoms with Crippen LogP contribution in [0.5, 0.6) is 0 Å². The first kappa shape index (κ1) is 10.1. The van der Waals surface area contributed by atoms with Crippen LogP contribution in [0.2, 0.25) is 0 Å². The predicted molar refractivity (Wildman–Crippen MR) is 59.0 cm³/mol. The van der Waals surface area contributed by atoms with Gasteiger partial charge in [0.05, 0.1) is 0 Å². The molecule has 3 heteroatoms. The van der Waals surface area contributed by atoms with Gasteiger partial charge in [-0.3, -0.25) is 4.79 Å². The number of hydrogen-bond acceptors (Lipinski definition) is 2. The molecule has 1 saturated carbocycles. The summed E-state index contributed by atoms with van der Waals surface area (Å²) in [6.45, 7) is 1.99. The molecule has 0 aromatic carbocycles. The molecule has 1 aliphatic carbocycles. The average molecular weight is 204 g/mol. The van der Waals surface area contributed by atoms with Crippen LogP contribution in [-0.4, -0.2) is 29.9 Å². The van der Waals surface area contributed by atoms with Crippen molar-refractivity contribution in [1.82, 2.24) is 9.88 Å². The summed E-state index contributed by atoms with van der Waals surface area (Å²) >= 11 is 0. The van der Waals surface area contributed by atoms with Crippen LogP contribution in [-0.2, 0) is 0 Å². The Hall–Kier alpha value is -1.38. The number of nitrogens with zero attached hydrogens (tertiary/aromatic N) is 2. The highest BCUT2D eigenvalue weighted by molar-refractivity contribution is 5.92. The van der Waals surface area contributed by atoms with Gasteiger partial charge in [0, 0.05) is 19.8 Å². The maximum absolute atomic E-state index is 11.7. The van der Waals surface area contributed by atoms with E-state index in [9.17, 15) is 4.79 Å². The molecule has 1 fully saturated rings. The first-order chi connectivity index (χ1) is 7.09. The van der Waals surface area contributed by atoms with E-state index >= 15 is 0 Å². The van der Waals surface area contributed by atoms with Gasteiger partial charge in [-0.1, -0.05) is 6.07 Å². The van der Waals surface area contributed by atoms with E-state index in [2.05, 4.69) is 11.1 Å². The highest BCUT2D eigenvalue weighted by atomic mass is 16.2. The first-order valence-electron chi connectivity index (χ1n) is 5.29. The molecule has 0 radical (unpaired) electrons. The zero-order valence-electron chi connectivity index (χ0n) is 9.45. The Morgan fingerprint density at radius 1 is 1.40 bits per heavy atom. The van der Waals surface area contributed by atoms with Gasteiger partial charge in [0.1, 0.15) is 5.69 Å². The Morgan fingerprint density at radius 3 is 2.53 bits per heavy atom. The van der Waals surface area contributed by atoms with Gasteiger partial charge in [-0.15, -0.1) is 0 Å². The van der Waals surface area contributed by atoms with Gasteiger partial charge in [-0.2, -0.15) is 0 Å². The lowest BCUT2D eigenvalue weighted by molar-refractivity contribution is 0.0821. The summed E-state index contributed by atoms with van der Waals surface area (Å²) in [5, 5.41) is 0. The van der Waals surface area contributed by atoms with Crippen LogP contribution >= 0.6 is 0 Å². The van der Waals surface area contributed by atoms with E-state index in [1.54, 1.807) is 19.0 Å². The molecule has 0 N–H and O–H groups in total. The Kier molecular flexibility index (Phi) is 2.47. The van der Waals surface area contributed by atoms with Crippen molar-refractivity contribution >= 4 is 5.91 Å². The monoisotopic (exact) mass is 204 g/mol. The second kappa shape index (κ2) is 3.65. The molecule has 0 aliphatic heterocycles. The van der Waals surface area contributed by atoms with Gasteiger partial charge in [-0.05, 0) is 37.3 Å². The molecule has 1 heterocycles. The Labute approximate surface area is 90.1 Å². The highest BCUT2D eigenvalue weighted by Gasteiger charge is 2.26. The molecule has 0 spiro atoms. The fourth-order valence-corrected chi connectivity index (χ4v) is 1.75. The Balaban J connectivity index is 2.28. The summed E-state index contributed by atoms with van der Waals surface area (Å²) in [5.74, 6) is 0.668. The summed E-state index contributed by atoms with van der Waals surface area (Å²) in [7, 11) is 3.49.